The zero-order valence-electron chi connectivity index (χ0n) is 9.64. The lowest BCUT2D eigenvalue weighted by Gasteiger charge is -2.33. The topological polar surface area (TPSA) is 46.1 Å². The third kappa shape index (κ3) is 3.16. The fourth-order valence-electron chi connectivity index (χ4n) is 2.34. The maximum absolute atomic E-state index is 12.3. The Morgan fingerprint density at radius 1 is 1.47 bits per heavy atom. The molecule has 0 atom stereocenters. The van der Waals surface area contributed by atoms with Crippen LogP contribution in [0.3, 0.4) is 0 Å². The van der Waals surface area contributed by atoms with E-state index < -0.39 is 0 Å². The maximum Gasteiger partial charge on any atom is 0.267 e. The molecule has 0 bridgehead atoms. The van der Waals surface area contributed by atoms with Crippen molar-refractivity contribution in [2.75, 3.05) is 12.4 Å². The minimum absolute atomic E-state index is 0.0348. The third-order valence-corrected chi connectivity index (χ3v) is 4.00. The van der Waals surface area contributed by atoms with Gasteiger partial charge in [-0.2, -0.15) is 0 Å². The molecule has 0 aromatic carbocycles. The van der Waals surface area contributed by atoms with Crippen molar-refractivity contribution in [3.63, 3.8) is 0 Å². The molecule has 1 heterocycles. The van der Waals surface area contributed by atoms with Crippen LogP contribution in [0.2, 0.25) is 0 Å². The molecule has 0 aliphatic heterocycles. The minimum atomic E-state index is 0.0348. The van der Waals surface area contributed by atoms with Gasteiger partial charge in [0.05, 0.1) is 6.20 Å². The highest BCUT2D eigenvalue weighted by Gasteiger charge is 2.26. The molecule has 17 heavy (non-hydrogen) atoms. The van der Waals surface area contributed by atoms with Crippen LogP contribution in [-0.2, 0) is 0 Å². The van der Waals surface area contributed by atoms with Crippen molar-refractivity contribution >= 4 is 29.0 Å². The van der Waals surface area contributed by atoms with E-state index in [4.69, 9.17) is 11.6 Å². The average molecular weight is 274 g/mol. The first kappa shape index (κ1) is 12.8. The van der Waals surface area contributed by atoms with Gasteiger partial charge < -0.3 is 4.90 Å². The molecule has 1 fully saturated rings. The number of hydrogen-bond acceptors (Lipinski definition) is 4. The fourth-order valence-corrected chi connectivity index (χ4v) is 2.99. The molecule has 0 unspecified atom stereocenters. The van der Waals surface area contributed by atoms with Crippen molar-refractivity contribution in [2.24, 2.45) is 0 Å². The molecule has 0 spiro atoms. The molecule has 2 rings (SSSR count). The van der Waals surface area contributed by atoms with Crippen LogP contribution in [0.1, 0.15) is 41.8 Å². The van der Waals surface area contributed by atoms with Gasteiger partial charge in [0, 0.05) is 18.5 Å². The second kappa shape index (κ2) is 6.31. The standard InChI is InChI=1S/C11H16ClN3OS/c12-6-7-15(9-4-2-1-3-5-9)11(16)10-8-13-14-17-10/h8-9H,1-7H2. The molecule has 1 aliphatic carbocycles. The molecule has 6 heteroatoms. The summed E-state index contributed by atoms with van der Waals surface area (Å²) >= 11 is 6.95. The molecule has 0 radical (unpaired) electrons. The lowest BCUT2D eigenvalue weighted by atomic mass is 9.94. The number of hydrogen-bond donors (Lipinski definition) is 0. The average Bonchev–Trinajstić information content (AvgIpc) is 2.90. The molecule has 0 saturated heterocycles. The second-order valence-electron chi connectivity index (χ2n) is 4.26. The predicted molar refractivity (Wildman–Crippen MR) is 68.5 cm³/mol. The summed E-state index contributed by atoms with van der Waals surface area (Å²) in [6, 6.07) is 0.345. The number of rotatable bonds is 4. The van der Waals surface area contributed by atoms with E-state index in [0.717, 1.165) is 24.4 Å². The van der Waals surface area contributed by atoms with Crippen molar-refractivity contribution in [3.8, 4) is 0 Å². The van der Waals surface area contributed by atoms with Crippen molar-refractivity contribution in [3.05, 3.63) is 11.1 Å². The first-order chi connectivity index (χ1) is 8.33. The van der Waals surface area contributed by atoms with Crippen molar-refractivity contribution in [1.29, 1.82) is 0 Å². The third-order valence-electron chi connectivity index (χ3n) is 3.17. The quantitative estimate of drug-likeness (QED) is 0.792. The van der Waals surface area contributed by atoms with Crippen LogP contribution in [0.4, 0.5) is 0 Å². The van der Waals surface area contributed by atoms with E-state index in [9.17, 15) is 4.79 Å². The summed E-state index contributed by atoms with van der Waals surface area (Å²) in [5, 5.41) is 3.72. The van der Waals surface area contributed by atoms with Gasteiger partial charge in [0.2, 0.25) is 0 Å². The van der Waals surface area contributed by atoms with E-state index in [1.807, 2.05) is 4.90 Å². The SMILES string of the molecule is O=C(c1cnns1)N(CCCl)C1CCCCC1. The summed E-state index contributed by atoms with van der Waals surface area (Å²) in [6.07, 6.45) is 7.41. The summed E-state index contributed by atoms with van der Waals surface area (Å²) < 4.78 is 3.74. The van der Waals surface area contributed by atoms with Gasteiger partial charge in [-0.05, 0) is 24.4 Å². The van der Waals surface area contributed by atoms with E-state index in [1.165, 1.54) is 25.5 Å². The van der Waals surface area contributed by atoms with Gasteiger partial charge in [0.25, 0.3) is 5.91 Å². The molecule has 1 aromatic rings. The summed E-state index contributed by atoms with van der Waals surface area (Å²) in [5.41, 5.74) is 0. The second-order valence-corrected chi connectivity index (χ2v) is 5.42. The highest BCUT2D eigenvalue weighted by atomic mass is 35.5. The number of nitrogens with zero attached hydrogens (tertiary/aromatic N) is 3. The molecule has 1 aliphatic rings. The van der Waals surface area contributed by atoms with E-state index in [1.54, 1.807) is 0 Å². The molecule has 4 nitrogen and oxygen atoms in total. The first-order valence-electron chi connectivity index (χ1n) is 5.97. The Balaban J connectivity index is 2.07. The summed E-state index contributed by atoms with van der Waals surface area (Å²) in [5.74, 6) is 0.515. The van der Waals surface area contributed by atoms with Gasteiger partial charge in [0.1, 0.15) is 4.88 Å². The van der Waals surface area contributed by atoms with Gasteiger partial charge in [-0.3, -0.25) is 4.79 Å². The summed E-state index contributed by atoms with van der Waals surface area (Å²) in [7, 11) is 0. The maximum atomic E-state index is 12.3. The van der Waals surface area contributed by atoms with Crippen molar-refractivity contribution in [2.45, 2.75) is 38.1 Å². The van der Waals surface area contributed by atoms with Gasteiger partial charge in [-0.25, -0.2) is 0 Å². The van der Waals surface area contributed by atoms with Gasteiger partial charge in [-0.15, -0.1) is 16.7 Å². The highest BCUT2D eigenvalue weighted by molar-refractivity contribution is 7.07. The number of halogens is 1. The van der Waals surface area contributed by atoms with Crippen molar-refractivity contribution in [1.82, 2.24) is 14.5 Å². The van der Waals surface area contributed by atoms with Crippen LogP contribution < -0.4 is 0 Å². The number of carbonyl (C=O) groups is 1. The number of carbonyl (C=O) groups excluding carboxylic acids is 1. The van der Waals surface area contributed by atoms with Crippen molar-refractivity contribution < 1.29 is 4.79 Å². The lowest BCUT2D eigenvalue weighted by molar-refractivity contribution is 0.0654. The minimum Gasteiger partial charge on any atom is -0.334 e. The van der Waals surface area contributed by atoms with Crippen LogP contribution >= 0.6 is 23.1 Å². The molecule has 1 amide bonds. The zero-order valence-corrected chi connectivity index (χ0v) is 11.2. The van der Waals surface area contributed by atoms with Gasteiger partial charge in [0.15, 0.2) is 0 Å². The van der Waals surface area contributed by atoms with Crippen LogP contribution in [0.25, 0.3) is 0 Å². The number of aromatic nitrogens is 2. The summed E-state index contributed by atoms with van der Waals surface area (Å²) in [4.78, 5) is 14.8. The van der Waals surface area contributed by atoms with E-state index in [0.29, 0.717) is 23.3 Å². The smallest absolute Gasteiger partial charge is 0.267 e. The van der Waals surface area contributed by atoms with E-state index in [-0.39, 0.29) is 5.91 Å². The molecular weight excluding hydrogens is 258 g/mol. The Morgan fingerprint density at radius 2 is 2.24 bits per heavy atom. The lowest BCUT2D eigenvalue weighted by Crippen LogP contribution is -2.42. The Morgan fingerprint density at radius 3 is 2.82 bits per heavy atom. The van der Waals surface area contributed by atoms with E-state index in [2.05, 4.69) is 9.59 Å². The normalized spacial score (nSPS) is 17.0. The van der Waals surface area contributed by atoms with Gasteiger partial charge >= 0.3 is 0 Å². The van der Waals surface area contributed by atoms with Crippen LogP contribution in [-0.4, -0.2) is 38.9 Å². The first-order valence-corrected chi connectivity index (χ1v) is 7.28. The Bertz CT molecular complexity index is 352. The zero-order chi connectivity index (χ0) is 12.1. The Hall–Kier alpha value is -0.680. The number of amides is 1. The molecular formula is C11H16ClN3OS. The van der Waals surface area contributed by atoms with Crippen LogP contribution in [0.15, 0.2) is 6.20 Å². The predicted octanol–water partition coefficient (Wildman–Crippen LogP) is 2.55. The molecule has 1 aromatic heterocycles. The van der Waals surface area contributed by atoms with Crippen LogP contribution in [0, 0.1) is 0 Å². The Labute approximate surface area is 110 Å². The monoisotopic (exact) mass is 273 g/mol. The summed E-state index contributed by atoms with van der Waals surface area (Å²) in [6.45, 7) is 0.614. The molecule has 0 N–H and O–H groups in total. The largest absolute Gasteiger partial charge is 0.334 e. The Kier molecular flexibility index (Phi) is 4.74. The van der Waals surface area contributed by atoms with E-state index >= 15 is 0 Å². The highest BCUT2D eigenvalue weighted by Crippen LogP contribution is 2.24. The number of alkyl halides is 1. The molecule has 1 saturated carbocycles. The molecule has 94 valence electrons. The van der Waals surface area contributed by atoms with Crippen LogP contribution in [0.5, 0.6) is 0 Å². The van der Waals surface area contributed by atoms with Gasteiger partial charge in [-0.1, -0.05) is 23.8 Å². The fraction of sp³-hybridized carbons (Fsp3) is 0.727.